The smallest absolute Gasteiger partial charge is 0.336 e. The summed E-state index contributed by atoms with van der Waals surface area (Å²) in [6.07, 6.45) is 2.90. The van der Waals surface area contributed by atoms with Gasteiger partial charge >= 0.3 is 5.63 Å². The van der Waals surface area contributed by atoms with Crippen LogP contribution in [0.5, 0.6) is 11.5 Å². The third-order valence-corrected chi connectivity index (χ3v) is 5.40. The first-order valence-corrected chi connectivity index (χ1v) is 9.12. The van der Waals surface area contributed by atoms with Crippen molar-refractivity contribution in [3.05, 3.63) is 39.3 Å². The Hall–Kier alpha value is -2.31. The zero-order valence-electron chi connectivity index (χ0n) is 16.2. The lowest BCUT2D eigenvalue weighted by atomic mass is 9.85. The minimum atomic E-state index is -0.819. The zero-order chi connectivity index (χ0) is 19.5. The van der Waals surface area contributed by atoms with Crippen molar-refractivity contribution in [3.8, 4) is 11.5 Å². The van der Waals surface area contributed by atoms with E-state index in [0.29, 0.717) is 33.6 Å². The van der Waals surface area contributed by atoms with Gasteiger partial charge in [0, 0.05) is 19.1 Å². The Morgan fingerprint density at radius 3 is 2.70 bits per heavy atom. The zero-order valence-corrected chi connectivity index (χ0v) is 16.2. The number of hydrogen-bond donors (Lipinski definition) is 1. The maximum Gasteiger partial charge on any atom is 0.336 e. The molecule has 0 fully saturated rings. The van der Waals surface area contributed by atoms with Crippen LogP contribution in [0.3, 0.4) is 0 Å². The molecule has 4 rings (SSSR count). The molecule has 6 heteroatoms. The Bertz CT molecular complexity index is 1000. The van der Waals surface area contributed by atoms with E-state index < -0.39 is 17.3 Å². The van der Waals surface area contributed by atoms with Crippen molar-refractivity contribution in [2.45, 2.75) is 52.1 Å². The van der Waals surface area contributed by atoms with E-state index in [1.165, 1.54) is 6.07 Å². The molecule has 0 unspecified atom stereocenters. The molecule has 144 valence electrons. The van der Waals surface area contributed by atoms with Crippen LogP contribution in [0.25, 0.3) is 17.0 Å². The molecule has 2 aliphatic rings. The molecule has 0 saturated carbocycles. The molecular formula is C21H24O6. The van der Waals surface area contributed by atoms with Crippen molar-refractivity contribution in [1.82, 2.24) is 0 Å². The van der Waals surface area contributed by atoms with Crippen LogP contribution in [0.15, 0.2) is 21.4 Å². The lowest BCUT2D eigenvalue weighted by Gasteiger charge is -2.37. The fourth-order valence-corrected chi connectivity index (χ4v) is 3.78. The van der Waals surface area contributed by atoms with Crippen molar-refractivity contribution in [3.63, 3.8) is 0 Å². The van der Waals surface area contributed by atoms with Crippen LogP contribution in [0.2, 0.25) is 0 Å². The summed E-state index contributed by atoms with van der Waals surface area (Å²) in [6, 6.07) is 1.41. The highest BCUT2D eigenvalue weighted by Gasteiger charge is 2.39. The summed E-state index contributed by atoms with van der Waals surface area (Å²) < 4.78 is 23.3. The van der Waals surface area contributed by atoms with Gasteiger partial charge in [-0.25, -0.2) is 4.79 Å². The SMILES string of the molecule is COCc1cc(=O)oc2c3c(c4c(c12)OC(C)(C)C=C4)O[C@H](C)[C@@H](C)[C@H]3O. The third kappa shape index (κ3) is 2.75. The van der Waals surface area contributed by atoms with Gasteiger partial charge in [-0.3, -0.25) is 0 Å². The Morgan fingerprint density at radius 1 is 1.26 bits per heavy atom. The second kappa shape index (κ2) is 6.11. The molecule has 2 aliphatic heterocycles. The Balaban J connectivity index is 2.17. The van der Waals surface area contributed by atoms with Gasteiger partial charge in [-0.05, 0) is 38.5 Å². The molecule has 3 heterocycles. The molecule has 0 spiro atoms. The van der Waals surface area contributed by atoms with Crippen LogP contribution in [-0.4, -0.2) is 23.9 Å². The van der Waals surface area contributed by atoms with Gasteiger partial charge in [0.2, 0.25) is 0 Å². The van der Waals surface area contributed by atoms with Gasteiger partial charge < -0.3 is 23.7 Å². The summed E-state index contributed by atoms with van der Waals surface area (Å²) in [5.74, 6) is 0.945. The molecule has 6 nitrogen and oxygen atoms in total. The van der Waals surface area contributed by atoms with Gasteiger partial charge in [-0.15, -0.1) is 0 Å². The second-order valence-electron chi connectivity index (χ2n) is 7.88. The van der Waals surface area contributed by atoms with E-state index >= 15 is 0 Å². The number of aliphatic hydroxyl groups excluding tert-OH is 1. The van der Waals surface area contributed by atoms with Crippen LogP contribution < -0.4 is 15.1 Å². The molecule has 0 saturated heterocycles. The largest absolute Gasteiger partial charge is 0.489 e. The summed E-state index contributed by atoms with van der Waals surface area (Å²) >= 11 is 0. The molecule has 3 atom stereocenters. The van der Waals surface area contributed by atoms with Crippen LogP contribution in [0.1, 0.15) is 50.5 Å². The third-order valence-electron chi connectivity index (χ3n) is 5.40. The highest BCUT2D eigenvalue weighted by Crippen LogP contribution is 2.52. The van der Waals surface area contributed by atoms with Crippen LogP contribution in [0, 0.1) is 5.92 Å². The van der Waals surface area contributed by atoms with E-state index in [4.69, 9.17) is 18.6 Å². The number of fused-ring (bicyclic) bond motifs is 6. The standard InChI is InChI=1S/C21H24O6/c1-10-11(2)25-18-13-6-7-21(3,4)27-19(13)15-12(9-24-5)8-14(22)26-20(15)16(18)17(10)23/h6-8,10-11,17,23H,9H2,1-5H3/t10-,11-,17-/m1/s1. The van der Waals surface area contributed by atoms with Gasteiger partial charge in [-0.1, -0.05) is 6.92 Å². The predicted octanol–water partition coefficient (Wildman–Crippen LogP) is 3.57. The number of aliphatic hydroxyl groups is 1. The number of methoxy groups -OCH3 is 1. The molecule has 0 aliphatic carbocycles. The molecule has 0 radical (unpaired) electrons. The topological polar surface area (TPSA) is 78.1 Å². The quantitative estimate of drug-likeness (QED) is 0.812. The molecule has 1 aromatic carbocycles. The number of benzene rings is 1. The molecule has 1 N–H and O–H groups in total. The highest BCUT2D eigenvalue weighted by atomic mass is 16.5. The summed E-state index contributed by atoms with van der Waals surface area (Å²) in [6.45, 7) is 7.96. The van der Waals surface area contributed by atoms with Crippen molar-refractivity contribution >= 4 is 17.0 Å². The molecule has 1 aromatic heterocycles. The van der Waals surface area contributed by atoms with Crippen molar-refractivity contribution in [2.75, 3.05) is 7.11 Å². The second-order valence-corrected chi connectivity index (χ2v) is 7.88. The summed E-state index contributed by atoms with van der Waals surface area (Å²) in [5.41, 5.74) is 1.19. The van der Waals surface area contributed by atoms with E-state index in [0.717, 1.165) is 5.56 Å². The lowest BCUT2D eigenvalue weighted by Crippen LogP contribution is -2.34. The fraction of sp³-hybridized carbons (Fsp3) is 0.476. The molecule has 0 bridgehead atoms. The highest BCUT2D eigenvalue weighted by molar-refractivity contribution is 5.97. The Kier molecular flexibility index (Phi) is 4.09. The summed E-state index contributed by atoms with van der Waals surface area (Å²) in [7, 11) is 1.57. The monoisotopic (exact) mass is 372 g/mol. The van der Waals surface area contributed by atoms with E-state index in [1.807, 2.05) is 39.8 Å². The van der Waals surface area contributed by atoms with Crippen LogP contribution >= 0.6 is 0 Å². The Labute approximate surface area is 157 Å². The number of hydrogen-bond acceptors (Lipinski definition) is 6. The Morgan fingerprint density at radius 2 is 2.00 bits per heavy atom. The predicted molar refractivity (Wildman–Crippen MR) is 101 cm³/mol. The maximum absolute atomic E-state index is 12.2. The fourth-order valence-electron chi connectivity index (χ4n) is 3.78. The number of ether oxygens (including phenoxy) is 3. The summed E-state index contributed by atoms with van der Waals surface area (Å²) in [5, 5.41) is 11.6. The van der Waals surface area contributed by atoms with Gasteiger partial charge in [0.25, 0.3) is 0 Å². The first-order valence-electron chi connectivity index (χ1n) is 9.12. The normalized spacial score (nSPS) is 25.5. The molecular weight excluding hydrogens is 348 g/mol. The minimum absolute atomic E-state index is 0.153. The minimum Gasteiger partial charge on any atom is -0.489 e. The van der Waals surface area contributed by atoms with Crippen LogP contribution in [0.4, 0.5) is 0 Å². The maximum atomic E-state index is 12.2. The van der Waals surface area contributed by atoms with Crippen molar-refractivity contribution in [2.24, 2.45) is 5.92 Å². The molecule has 0 amide bonds. The van der Waals surface area contributed by atoms with E-state index in [9.17, 15) is 9.90 Å². The van der Waals surface area contributed by atoms with Gasteiger partial charge in [-0.2, -0.15) is 0 Å². The summed E-state index contributed by atoms with van der Waals surface area (Å²) in [4.78, 5) is 12.2. The van der Waals surface area contributed by atoms with Crippen molar-refractivity contribution < 1.29 is 23.7 Å². The van der Waals surface area contributed by atoms with E-state index in [1.54, 1.807) is 7.11 Å². The lowest BCUT2D eigenvalue weighted by molar-refractivity contribution is 0.0173. The van der Waals surface area contributed by atoms with Crippen LogP contribution in [-0.2, 0) is 11.3 Å². The average molecular weight is 372 g/mol. The van der Waals surface area contributed by atoms with Crippen molar-refractivity contribution in [1.29, 1.82) is 0 Å². The molecule has 2 aromatic rings. The van der Waals surface area contributed by atoms with E-state index in [2.05, 4.69) is 0 Å². The van der Waals surface area contributed by atoms with Gasteiger partial charge in [0.15, 0.2) is 5.58 Å². The first kappa shape index (κ1) is 18.1. The first-order chi connectivity index (χ1) is 12.7. The average Bonchev–Trinajstić information content (AvgIpc) is 2.58. The molecule has 27 heavy (non-hydrogen) atoms. The number of rotatable bonds is 2. The van der Waals surface area contributed by atoms with Gasteiger partial charge in [0.1, 0.15) is 23.2 Å². The van der Waals surface area contributed by atoms with Gasteiger partial charge in [0.05, 0.1) is 29.2 Å². The van der Waals surface area contributed by atoms with E-state index in [-0.39, 0.29) is 18.6 Å².